The van der Waals surface area contributed by atoms with E-state index in [0.717, 1.165) is 12.0 Å². The smallest absolute Gasteiger partial charge is 0.350 e. The molecule has 0 radical (unpaired) electrons. The fourth-order valence-electron chi connectivity index (χ4n) is 2.82. The number of nitrogens with zero attached hydrogens (tertiary/aromatic N) is 2. The van der Waals surface area contributed by atoms with Gasteiger partial charge in [0.1, 0.15) is 12.1 Å². The van der Waals surface area contributed by atoms with Crippen LogP contribution >= 0.6 is 0 Å². The van der Waals surface area contributed by atoms with Gasteiger partial charge < -0.3 is 19.7 Å². The number of hydrogen-bond donors (Lipinski definition) is 1. The van der Waals surface area contributed by atoms with E-state index < -0.39 is 18.0 Å². The van der Waals surface area contributed by atoms with Crippen LogP contribution in [0.2, 0.25) is 0 Å². The molecule has 2 rings (SSSR count). The highest BCUT2D eigenvalue weighted by molar-refractivity contribution is 5.93. The van der Waals surface area contributed by atoms with Gasteiger partial charge >= 0.3 is 11.9 Å². The van der Waals surface area contributed by atoms with Crippen LogP contribution < -0.4 is 5.32 Å². The highest BCUT2D eigenvalue weighted by Gasteiger charge is 2.31. The van der Waals surface area contributed by atoms with Gasteiger partial charge in [-0.05, 0) is 18.4 Å². The first-order valence-electron chi connectivity index (χ1n) is 8.98. The summed E-state index contributed by atoms with van der Waals surface area (Å²) in [5, 5.41) is 11.8. The lowest BCUT2D eigenvalue weighted by Crippen LogP contribution is -2.54. The molecule has 1 aliphatic rings. The summed E-state index contributed by atoms with van der Waals surface area (Å²) < 4.78 is 9.78. The number of ether oxygens (including phenoxy) is 2. The van der Waals surface area contributed by atoms with Crippen molar-refractivity contribution in [1.82, 2.24) is 10.2 Å². The molecule has 0 bridgehead atoms. The average Bonchev–Trinajstić information content (AvgIpc) is 2.71. The third-order valence-corrected chi connectivity index (χ3v) is 4.27. The van der Waals surface area contributed by atoms with Gasteiger partial charge in [0, 0.05) is 19.3 Å². The van der Waals surface area contributed by atoms with Crippen molar-refractivity contribution in [2.45, 2.75) is 25.3 Å². The zero-order chi connectivity index (χ0) is 20.4. The molecule has 1 aromatic rings. The number of piperazine rings is 1. The van der Waals surface area contributed by atoms with Crippen molar-refractivity contribution in [3.05, 3.63) is 47.7 Å². The molecule has 1 unspecified atom stereocenters. The summed E-state index contributed by atoms with van der Waals surface area (Å²) in [7, 11) is 1.17. The van der Waals surface area contributed by atoms with Crippen molar-refractivity contribution in [3.63, 3.8) is 0 Å². The molecule has 1 aromatic carbocycles. The number of aryl methyl sites for hydroxylation is 1. The number of amides is 1. The molecule has 0 aromatic heterocycles. The van der Waals surface area contributed by atoms with Crippen LogP contribution in [-0.4, -0.2) is 55.6 Å². The Morgan fingerprint density at radius 1 is 1.36 bits per heavy atom. The summed E-state index contributed by atoms with van der Waals surface area (Å²) in [5.41, 5.74) is 0.923. The fourth-order valence-corrected chi connectivity index (χ4v) is 2.82. The van der Waals surface area contributed by atoms with Gasteiger partial charge in [-0.3, -0.25) is 9.59 Å². The van der Waals surface area contributed by atoms with Gasteiger partial charge in [0.2, 0.25) is 5.91 Å². The molecule has 28 heavy (non-hydrogen) atoms. The van der Waals surface area contributed by atoms with Gasteiger partial charge in [-0.2, -0.15) is 5.26 Å². The predicted octanol–water partition coefficient (Wildman–Crippen LogP) is 0.933. The molecule has 1 atom stereocenters. The summed E-state index contributed by atoms with van der Waals surface area (Å²) >= 11 is 0. The van der Waals surface area contributed by atoms with Gasteiger partial charge in [0.15, 0.2) is 5.57 Å². The van der Waals surface area contributed by atoms with E-state index in [4.69, 9.17) is 10.00 Å². The van der Waals surface area contributed by atoms with Gasteiger partial charge in [-0.25, -0.2) is 4.79 Å². The third-order valence-electron chi connectivity index (χ3n) is 4.27. The molecule has 8 nitrogen and oxygen atoms in total. The molecule has 1 saturated heterocycles. The number of esters is 2. The van der Waals surface area contributed by atoms with Crippen LogP contribution in [0.1, 0.15) is 18.4 Å². The first kappa shape index (κ1) is 21.0. The van der Waals surface area contributed by atoms with Crippen LogP contribution in [0, 0.1) is 11.3 Å². The van der Waals surface area contributed by atoms with E-state index in [9.17, 15) is 14.4 Å². The lowest BCUT2D eigenvalue weighted by molar-refractivity contribution is -0.147. The van der Waals surface area contributed by atoms with Crippen LogP contribution in [-0.2, 0) is 30.3 Å². The second-order valence-electron chi connectivity index (χ2n) is 6.20. The first-order valence-corrected chi connectivity index (χ1v) is 8.98. The normalized spacial score (nSPS) is 16.7. The minimum absolute atomic E-state index is 0.173. The summed E-state index contributed by atoms with van der Waals surface area (Å²) in [6.45, 7) is 0.960. The number of nitriles is 1. The van der Waals surface area contributed by atoms with Gasteiger partial charge in [0.05, 0.1) is 20.1 Å². The van der Waals surface area contributed by atoms with Crippen molar-refractivity contribution >= 4 is 17.8 Å². The van der Waals surface area contributed by atoms with Crippen LogP contribution in [0.5, 0.6) is 0 Å². The molecule has 0 aliphatic carbocycles. The number of benzene rings is 1. The molecule has 1 heterocycles. The monoisotopic (exact) mass is 385 g/mol. The van der Waals surface area contributed by atoms with Crippen LogP contribution in [0.3, 0.4) is 0 Å². The standard InChI is InChI=1S/C20H23N3O5/c1-27-20(26)16(13-21)14-23-10-9-22-19(25)17(23)12-18(24)28-11-5-8-15-6-3-2-4-7-15/h2-4,6-7,14,17H,5,8-12H2,1H3,(H,22,25)/b16-14+. The third kappa shape index (κ3) is 6.13. The quantitative estimate of drug-likeness (QED) is 0.307. The van der Waals surface area contributed by atoms with Gasteiger partial charge in [-0.1, -0.05) is 30.3 Å². The van der Waals surface area contributed by atoms with E-state index in [1.54, 1.807) is 6.07 Å². The van der Waals surface area contributed by atoms with Gasteiger partial charge in [-0.15, -0.1) is 0 Å². The molecule has 1 N–H and O–H groups in total. The summed E-state index contributed by atoms with van der Waals surface area (Å²) in [4.78, 5) is 37.4. The Morgan fingerprint density at radius 2 is 2.11 bits per heavy atom. The Balaban J connectivity index is 1.90. The molecule has 0 saturated carbocycles. The van der Waals surface area contributed by atoms with E-state index in [-0.39, 0.29) is 24.5 Å². The van der Waals surface area contributed by atoms with E-state index >= 15 is 0 Å². The van der Waals surface area contributed by atoms with Crippen LogP contribution in [0.25, 0.3) is 0 Å². The van der Waals surface area contributed by atoms with Gasteiger partial charge in [0.25, 0.3) is 0 Å². The number of nitrogens with one attached hydrogen (secondary N) is 1. The van der Waals surface area contributed by atoms with Crippen molar-refractivity contribution in [1.29, 1.82) is 5.26 Å². The number of carbonyl (C=O) groups is 3. The average molecular weight is 385 g/mol. The molecule has 0 spiro atoms. The van der Waals surface area contributed by atoms with E-state index in [0.29, 0.717) is 19.5 Å². The molecule has 8 heteroatoms. The summed E-state index contributed by atoms with van der Waals surface area (Å²) in [6, 6.07) is 10.8. The van der Waals surface area contributed by atoms with Crippen LogP contribution in [0.15, 0.2) is 42.1 Å². The fraction of sp³-hybridized carbons (Fsp3) is 0.400. The Hall–Kier alpha value is -3.34. The SMILES string of the molecule is COC(=O)/C(C#N)=C/N1CCNC(=O)C1CC(=O)OCCCc1ccccc1. The maximum absolute atomic E-state index is 12.2. The second kappa shape index (κ2) is 10.7. The Bertz CT molecular complexity index is 770. The van der Waals surface area contributed by atoms with Crippen molar-refractivity contribution < 1.29 is 23.9 Å². The lowest BCUT2D eigenvalue weighted by atomic mass is 10.1. The minimum Gasteiger partial charge on any atom is -0.466 e. The van der Waals surface area contributed by atoms with Crippen molar-refractivity contribution in [3.8, 4) is 6.07 Å². The molecule has 1 fully saturated rings. The van der Waals surface area contributed by atoms with Crippen molar-refractivity contribution in [2.75, 3.05) is 26.8 Å². The molecule has 1 amide bonds. The zero-order valence-corrected chi connectivity index (χ0v) is 15.7. The van der Waals surface area contributed by atoms with Crippen molar-refractivity contribution in [2.24, 2.45) is 0 Å². The molecule has 1 aliphatic heterocycles. The minimum atomic E-state index is -0.844. The number of methoxy groups -OCH3 is 1. The topological polar surface area (TPSA) is 109 Å². The molecular weight excluding hydrogens is 362 g/mol. The zero-order valence-electron chi connectivity index (χ0n) is 15.7. The van der Waals surface area contributed by atoms with E-state index in [2.05, 4.69) is 10.1 Å². The number of rotatable bonds is 8. The maximum atomic E-state index is 12.2. The van der Waals surface area contributed by atoms with E-state index in [1.807, 2.05) is 30.3 Å². The predicted molar refractivity (Wildman–Crippen MR) is 99.6 cm³/mol. The van der Waals surface area contributed by atoms with Crippen LogP contribution in [0.4, 0.5) is 0 Å². The van der Waals surface area contributed by atoms with E-state index in [1.165, 1.54) is 18.2 Å². The number of hydrogen-bond acceptors (Lipinski definition) is 7. The first-order chi connectivity index (χ1) is 13.5. The molecular formula is C20H23N3O5. The summed E-state index contributed by atoms with van der Waals surface area (Å²) in [6.07, 6.45) is 2.56. The Kier molecular flexibility index (Phi) is 8.03. The largest absolute Gasteiger partial charge is 0.466 e. The maximum Gasteiger partial charge on any atom is 0.350 e. The molecule has 148 valence electrons. The highest BCUT2D eigenvalue weighted by atomic mass is 16.5. The highest BCUT2D eigenvalue weighted by Crippen LogP contribution is 2.13. The number of carbonyl (C=O) groups excluding carboxylic acids is 3. The Labute approximate surface area is 163 Å². The second-order valence-corrected chi connectivity index (χ2v) is 6.20. The summed E-state index contributed by atoms with van der Waals surface area (Å²) in [5.74, 6) is -1.66. The lowest BCUT2D eigenvalue weighted by Gasteiger charge is -2.33. The Morgan fingerprint density at radius 3 is 2.79 bits per heavy atom.